The van der Waals surface area contributed by atoms with E-state index in [2.05, 4.69) is 57.8 Å². The average molecular weight is 472 g/mol. The van der Waals surface area contributed by atoms with Crippen LogP contribution in [0.5, 0.6) is 6.01 Å². The molecule has 4 aliphatic rings. The zero-order valence-electron chi connectivity index (χ0n) is 20.7. The number of amidine groups is 1. The molecule has 34 heavy (non-hydrogen) atoms. The number of carbonyl (C=O) groups excluding carboxylic acids is 1. The van der Waals surface area contributed by atoms with Gasteiger partial charge in [0.05, 0.1) is 31.4 Å². The zero-order valence-corrected chi connectivity index (χ0v) is 20.7. The number of urea groups is 1. The molecule has 0 saturated carbocycles. The fourth-order valence-electron chi connectivity index (χ4n) is 5.84. The highest BCUT2D eigenvalue weighted by Crippen LogP contribution is 2.41. The van der Waals surface area contributed by atoms with Crippen molar-refractivity contribution < 1.29 is 13.9 Å². The topological polar surface area (TPSA) is 86.2 Å². The molecule has 5 heterocycles. The van der Waals surface area contributed by atoms with Gasteiger partial charge in [0.25, 0.3) is 0 Å². The van der Waals surface area contributed by atoms with Gasteiger partial charge in [-0.3, -0.25) is 9.89 Å². The lowest BCUT2D eigenvalue weighted by molar-refractivity contribution is 0.0119. The van der Waals surface area contributed by atoms with Crippen LogP contribution in [0.3, 0.4) is 0 Å². The second kappa shape index (κ2) is 8.18. The first-order valence-corrected chi connectivity index (χ1v) is 12.2. The summed E-state index contributed by atoms with van der Waals surface area (Å²) in [6, 6.07) is 0.324. The Labute approximate surface area is 200 Å². The van der Waals surface area contributed by atoms with Gasteiger partial charge < -0.3 is 19.9 Å². The molecule has 4 aliphatic heterocycles. The SMILES string of the molecule is CCOc1ncc(F)c(NC2=NCC3=C2CN(C(=O)N2C[C@]4(C)CCCN4C[C@@H]2C)C3(C)C)n1. The highest BCUT2D eigenvalue weighted by molar-refractivity contribution is 6.11. The van der Waals surface area contributed by atoms with Crippen molar-refractivity contribution in [1.82, 2.24) is 24.7 Å². The normalized spacial score (nSPS) is 28.2. The van der Waals surface area contributed by atoms with E-state index in [9.17, 15) is 9.18 Å². The molecule has 0 aliphatic carbocycles. The second-order valence-corrected chi connectivity index (χ2v) is 10.5. The van der Waals surface area contributed by atoms with Crippen molar-refractivity contribution in [1.29, 1.82) is 0 Å². The fourth-order valence-corrected chi connectivity index (χ4v) is 5.84. The Morgan fingerprint density at radius 2 is 2.15 bits per heavy atom. The maximum Gasteiger partial charge on any atom is 0.321 e. The van der Waals surface area contributed by atoms with Crippen LogP contribution in [0.25, 0.3) is 0 Å². The van der Waals surface area contributed by atoms with E-state index in [1.54, 1.807) is 0 Å². The summed E-state index contributed by atoms with van der Waals surface area (Å²) in [4.78, 5) is 33.0. The molecule has 2 amide bonds. The van der Waals surface area contributed by atoms with E-state index < -0.39 is 11.4 Å². The molecule has 0 radical (unpaired) electrons. The largest absolute Gasteiger partial charge is 0.464 e. The number of nitrogens with one attached hydrogen (secondary N) is 1. The number of rotatable bonds is 3. The summed E-state index contributed by atoms with van der Waals surface area (Å²) in [7, 11) is 0. The molecule has 2 fully saturated rings. The minimum Gasteiger partial charge on any atom is -0.464 e. The zero-order chi connectivity index (χ0) is 24.3. The van der Waals surface area contributed by atoms with Crippen LogP contribution in [0.1, 0.15) is 47.5 Å². The number of piperazine rings is 1. The molecule has 184 valence electrons. The van der Waals surface area contributed by atoms with Gasteiger partial charge in [-0.1, -0.05) is 0 Å². The quantitative estimate of drug-likeness (QED) is 0.730. The van der Waals surface area contributed by atoms with Crippen LogP contribution in [-0.2, 0) is 0 Å². The Kier molecular flexibility index (Phi) is 5.54. The monoisotopic (exact) mass is 471 g/mol. The third kappa shape index (κ3) is 3.62. The molecule has 0 bridgehead atoms. The predicted octanol–water partition coefficient (Wildman–Crippen LogP) is 2.91. The number of anilines is 1. The van der Waals surface area contributed by atoms with Crippen molar-refractivity contribution in [2.75, 3.05) is 44.6 Å². The summed E-state index contributed by atoms with van der Waals surface area (Å²) in [5.74, 6) is -0.00613. The van der Waals surface area contributed by atoms with Crippen LogP contribution in [0.15, 0.2) is 22.3 Å². The van der Waals surface area contributed by atoms with Gasteiger partial charge in [-0.05, 0) is 59.6 Å². The summed E-state index contributed by atoms with van der Waals surface area (Å²) < 4.78 is 19.7. The summed E-state index contributed by atoms with van der Waals surface area (Å²) in [5, 5.41) is 3.03. The van der Waals surface area contributed by atoms with Crippen LogP contribution in [0, 0.1) is 5.82 Å². The smallest absolute Gasteiger partial charge is 0.321 e. The van der Waals surface area contributed by atoms with Crippen molar-refractivity contribution in [3.63, 3.8) is 0 Å². The lowest BCUT2D eigenvalue weighted by Crippen LogP contribution is -2.65. The van der Waals surface area contributed by atoms with Gasteiger partial charge >= 0.3 is 12.0 Å². The van der Waals surface area contributed by atoms with Gasteiger partial charge in [0.1, 0.15) is 5.84 Å². The number of nitrogens with zero attached hydrogens (tertiary/aromatic N) is 6. The number of hydrogen-bond acceptors (Lipinski definition) is 7. The first kappa shape index (κ1) is 23.0. The molecule has 0 spiro atoms. The predicted molar refractivity (Wildman–Crippen MR) is 128 cm³/mol. The van der Waals surface area contributed by atoms with Gasteiger partial charge in [0.2, 0.25) is 0 Å². The molecule has 1 aromatic heterocycles. The Bertz CT molecular complexity index is 1070. The summed E-state index contributed by atoms with van der Waals surface area (Å²) in [6.07, 6.45) is 3.40. The van der Waals surface area contributed by atoms with Crippen molar-refractivity contribution in [2.24, 2.45) is 4.99 Å². The van der Waals surface area contributed by atoms with Crippen LogP contribution >= 0.6 is 0 Å². The van der Waals surface area contributed by atoms with Crippen molar-refractivity contribution >= 4 is 17.7 Å². The highest BCUT2D eigenvalue weighted by atomic mass is 19.1. The molecule has 2 saturated heterocycles. The van der Waals surface area contributed by atoms with Crippen molar-refractivity contribution in [2.45, 2.75) is 64.6 Å². The van der Waals surface area contributed by atoms with Crippen LogP contribution in [0.2, 0.25) is 0 Å². The lowest BCUT2D eigenvalue weighted by Gasteiger charge is -2.50. The van der Waals surface area contributed by atoms with E-state index in [1.165, 1.54) is 6.42 Å². The van der Waals surface area contributed by atoms with Gasteiger partial charge in [-0.15, -0.1) is 0 Å². The Balaban J connectivity index is 1.35. The molecular weight excluding hydrogens is 437 g/mol. The summed E-state index contributed by atoms with van der Waals surface area (Å²) in [6.45, 7) is 14.4. The molecule has 1 N–H and O–H groups in total. The van der Waals surface area contributed by atoms with Crippen LogP contribution < -0.4 is 10.1 Å². The average Bonchev–Trinajstić information content (AvgIpc) is 3.43. The highest BCUT2D eigenvalue weighted by Gasteiger charge is 2.50. The molecule has 1 aromatic rings. The number of fused-ring (bicyclic) bond motifs is 1. The Morgan fingerprint density at radius 3 is 2.91 bits per heavy atom. The third-order valence-corrected chi connectivity index (χ3v) is 7.92. The first-order valence-electron chi connectivity index (χ1n) is 12.2. The first-order chi connectivity index (χ1) is 16.1. The number of aromatic nitrogens is 2. The molecule has 9 nitrogen and oxygen atoms in total. The van der Waals surface area contributed by atoms with E-state index in [-0.39, 0.29) is 29.4 Å². The van der Waals surface area contributed by atoms with Gasteiger partial charge in [-0.2, -0.15) is 4.98 Å². The molecular formula is C24H34FN7O2. The van der Waals surface area contributed by atoms with Crippen LogP contribution in [0.4, 0.5) is 15.0 Å². The Hall–Kier alpha value is -2.75. The number of amides is 2. The van der Waals surface area contributed by atoms with E-state index >= 15 is 0 Å². The maximum atomic E-state index is 14.4. The minimum atomic E-state index is -0.582. The maximum absolute atomic E-state index is 14.4. The molecule has 2 atom stereocenters. The molecule has 5 rings (SSSR count). The number of ether oxygens (including phenoxy) is 1. The third-order valence-electron chi connectivity index (χ3n) is 7.92. The summed E-state index contributed by atoms with van der Waals surface area (Å²) >= 11 is 0. The van der Waals surface area contributed by atoms with E-state index in [4.69, 9.17) is 4.74 Å². The number of hydrogen-bond donors (Lipinski definition) is 1. The minimum absolute atomic E-state index is 0.0208. The number of aliphatic imine (C=N–C) groups is 1. The van der Waals surface area contributed by atoms with Gasteiger partial charge in [0, 0.05) is 30.2 Å². The van der Waals surface area contributed by atoms with E-state index in [0.29, 0.717) is 25.5 Å². The van der Waals surface area contributed by atoms with Crippen molar-refractivity contribution in [3.8, 4) is 6.01 Å². The van der Waals surface area contributed by atoms with Gasteiger partial charge in [0.15, 0.2) is 11.6 Å². The molecule has 0 unspecified atom stereocenters. The number of carbonyl (C=O) groups is 1. The van der Waals surface area contributed by atoms with E-state index in [1.807, 2.05) is 11.8 Å². The van der Waals surface area contributed by atoms with Crippen LogP contribution in [-0.4, -0.2) is 93.0 Å². The second-order valence-electron chi connectivity index (χ2n) is 10.5. The number of halogens is 1. The standard InChI is InChI=1S/C24H34FN7O2/c1-6-34-21-27-11-18(25)20(29-21)28-19-16-13-32(23(3,4)17(16)10-26-19)22(33)31-14-24(5)8-7-9-30(24)12-15(31)2/h11,15H,6-10,12-14H2,1-5H3,(H,26,27,28,29)/t15-,24-/m0/s1. The molecule has 10 heteroatoms. The Morgan fingerprint density at radius 1 is 1.35 bits per heavy atom. The van der Waals surface area contributed by atoms with Gasteiger partial charge in [-0.25, -0.2) is 14.2 Å². The van der Waals surface area contributed by atoms with Crippen molar-refractivity contribution in [3.05, 3.63) is 23.2 Å². The fraction of sp³-hybridized carbons (Fsp3) is 0.667. The summed E-state index contributed by atoms with van der Waals surface area (Å²) in [5.41, 5.74) is 1.60. The molecule has 0 aromatic carbocycles. The lowest BCUT2D eigenvalue weighted by atomic mass is 9.93. The van der Waals surface area contributed by atoms with E-state index in [0.717, 1.165) is 43.4 Å².